The number of carbonyl (C=O) groups excluding carboxylic acids is 1. The van der Waals surface area contributed by atoms with Crippen LogP contribution in [0.5, 0.6) is 5.75 Å². The van der Waals surface area contributed by atoms with Crippen LogP contribution in [-0.4, -0.2) is 32.1 Å². The third-order valence-electron chi connectivity index (χ3n) is 4.34. The molecule has 2 aromatic carbocycles. The molecule has 0 radical (unpaired) electrons. The topological polar surface area (TPSA) is 66.0 Å². The maximum absolute atomic E-state index is 12.6. The number of rotatable bonds is 6. The van der Waals surface area contributed by atoms with Gasteiger partial charge in [-0.15, -0.1) is 5.10 Å². The second kappa shape index (κ2) is 8.15. The van der Waals surface area contributed by atoms with Gasteiger partial charge in [-0.2, -0.15) is 0 Å². The summed E-state index contributed by atoms with van der Waals surface area (Å²) in [4.78, 5) is 12.6. The molecular formula is C21H19N5O2S. The molecule has 0 spiro atoms. The van der Waals surface area contributed by atoms with Gasteiger partial charge >= 0.3 is 0 Å². The van der Waals surface area contributed by atoms with Crippen LogP contribution in [0.4, 0.5) is 5.69 Å². The smallest absolute Gasteiger partial charge is 0.246 e. The van der Waals surface area contributed by atoms with E-state index in [4.69, 9.17) is 17.0 Å². The Labute approximate surface area is 172 Å². The number of nitrogens with one attached hydrogen (secondary N) is 1. The Morgan fingerprint density at radius 1 is 1.03 bits per heavy atom. The molecule has 8 heteroatoms. The first kappa shape index (κ1) is 18.7. The zero-order valence-corrected chi connectivity index (χ0v) is 16.5. The van der Waals surface area contributed by atoms with Crippen molar-refractivity contribution in [2.45, 2.75) is 6.54 Å². The molecule has 0 aliphatic heterocycles. The summed E-state index contributed by atoms with van der Waals surface area (Å²) in [5.41, 5.74) is 1.58. The van der Waals surface area contributed by atoms with Crippen molar-refractivity contribution < 1.29 is 9.53 Å². The van der Waals surface area contributed by atoms with Gasteiger partial charge in [0.25, 0.3) is 0 Å². The number of hydrogen-bond donors (Lipinski definition) is 1. The highest BCUT2D eigenvalue weighted by molar-refractivity contribution is 7.71. The molecule has 0 saturated heterocycles. The molecule has 2 heterocycles. The molecule has 146 valence electrons. The van der Waals surface area contributed by atoms with Crippen LogP contribution >= 0.6 is 12.2 Å². The lowest BCUT2D eigenvalue weighted by molar-refractivity contribution is -0.116. The quantitative estimate of drug-likeness (QED) is 0.495. The molecule has 0 fully saturated rings. The number of ether oxygens (including phenoxy) is 1. The maximum Gasteiger partial charge on any atom is 0.246 e. The fourth-order valence-electron chi connectivity index (χ4n) is 2.95. The molecule has 0 bridgehead atoms. The van der Waals surface area contributed by atoms with Gasteiger partial charge in [0.2, 0.25) is 10.7 Å². The van der Waals surface area contributed by atoms with Gasteiger partial charge in [0, 0.05) is 23.6 Å². The summed E-state index contributed by atoms with van der Waals surface area (Å²) in [6.07, 6.45) is 3.76. The van der Waals surface area contributed by atoms with Crippen molar-refractivity contribution in [1.29, 1.82) is 0 Å². The third-order valence-corrected chi connectivity index (χ3v) is 4.72. The van der Waals surface area contributed by atoms with Crippen molar-refractivity contribution in [2.75, 3.05) is 12.4 Å². The fourth-order valence-corrected chi connectivity index (χ4v) is 3.23. The van der Waals surface area contributed by atoms with E-state index < -0.39 is 0 Å². The largest absolute Gasteiger partial charge is 0.497 e. The maximum atomic E-state index is 12.6. The highest BCUT2D eigenvalue weighted by Gasteiger charge is 2.16. The van der Waals surface area contributed by atoms with Crippen LogP contribution in [0.1, 0.15) is 0 Å². The molecule has 0 saturated carbocycles. The molecule has 0 atom stereocenters. The zero-order valence-electron chi connectivity index (χ0n) is 15.7. The van der Waals surface area contributed by atoms with E-state index in [0.29, 0.717) is 16.3 Å². The van der Waals surface area contributed by atoms with Crippen LogP contribution in [0, 0.1) is 4.77 Å². The third kappa shape index (κ3) is 3.97. The van der Waals surface area contributed by atoms with Gasteiger partial charge in [-0.25, -0.2) is 9.36 Å². The van der Waals surface area contributed by atoms with Crippen molar-refractivity contribution in [3.8, 4) is 17.1 Å². The first-order chi connectivity index (χ1) is 14.2. The normalized spacial score (nSPS) is 10.7. The van der Waals surface area contributed by atoms with Gasteiger partial charge in [0.15, 0.2) is 5.82 Å². The SMILES string of the molecule is COc1ccc(NC(=O)Cn2nc(-c3ccccc3)n(-n3cccc3)c2=S)cc1. The van der Waals surface area contributed by atoms with Gasteiger partial charge < -0.3 is 10.1 Å². The van der Waals surface area contributed by atoms with Crippen molar-refractivity contribution in [3.63, 3.8) is 0 Å². The van der Waals surface area contributed by atoms with E-state index >= 15 is 0 Å². The second-order valence-electron chi connectivity index (χ2n) is 6.28. The van der Waals surface area contributed by atoms with Gasteiger partial charge in [-0.3, -0.25) is 9.47 Å². The van der Waals surface area contributed by atoms with E-state index in [0.717, 1.165) is 11.3 Å². The van der Waals surface area contributed by atoms with Crippen molar-refractivity contribution in [2.24, 2.45) is 0 Å². The van der Waals surface area contributed by atoms with E-state index in [9.17, 15) is 4.79 Å². The van der Waals surface area contributed by atoms with Crippen LogP contribution in [0.3, 0.4) is 0 Å². The van der Waals surface area contributed by atoms with E-state index in [1.54, 1.807) is 36.1 Å². The minimum absolute atomic E-state index is 0.00103. The van der Waals surface area contributed by atoms with Gasteiger partial charge in [-0.1, -0.05) is 30.3 Å². The van der Waals surface area contributed by atoms with Crippen molar-refractivity contribution in [1.82, 2.24) is 19.1 Å². The van der Waals surface area contributed by atoms with Crippen molar-refractivity contribution >= 4 is 23.8 Å². The monoisotopic (exact) mass is 405 g/mol. The van der Waals surface area contributed by atoms with Crippen LogP contribution in [0.15, 0.2) is 79.1 Å². The Morgan fingerprint density at radius 3 is 2.38 bits per heavy atom. The average molecular weight is 405 g/mol. The summed E-state index contributed by atoms with van der Waals surface area (Å²) in [6, 6.07) is 20.7. The molecule has 4 rings (SSSR count). The number of hydrogen-bond acceptors (Lipinski definition) is 4. The van der Waals surface area contributed by atoms with Gasteiger partial charge in [0.1, 0.15) is 12.3 Å². The number of aromatic nitrogens is 4. The highest BCUT2D eigenvalue weighted by Crippen LogP contribution is 2.19. The summed E-state index contributed by atoms with van der Waals surface area (Å²) in [5.74, 6) is 1.16. The Balaban J connectivity index is 1.64. The number of benzene rings is 2. The predicted molar refractivity (Wildman–Crippen MR) is 113 cm³/mol. The summed E-state index contributed by atoms with van der Waals surface area (Å²) >= 11 is 5.62. The lowest BCUT2D eigenvalue weighted by Gasteiger charge is -2.07. The predicted octanol–water partition coefficient (Wildman–Crippen LogP) is 3.84. The number of amides is 1. The number of nitrogens with zero attached hydrogens (tertiary/aromatic N) is 4. The Kier molecular flexibility index (Phi) is 5.26. The first-order valence-corrected chi connectivity index (χ1v) is 9.39. The molecule has 1 amide bonds. The minimum atomic E-state index is -0.219. The first-order valence-electron chi connectivity index (χ1n) is 8.98. The molecule has 2 aromatic heterocycles. The molecule has 0 aliphatic carbocycles. The molecule has 7 nitrogen and oxygen atoms in total. The summed E-state index contributed by atoms with van der Waals surface area (Å²) in [6.45, 7) is -0.00103. The lowest BCUT2D eigenvalue weighted by atomic mass is 10.2. The van der Waals surface area contributed by atoms with E-state index in [1.807, 2.05) is 59.5 Å². The molecule has 0 unspecified atom stereocenters. The Hall–Kier alpha value is -3.65. The van der Waals surface area contributed by atoms with Gasteiger partial charge in [0.05, 0.1) is 7.11 Å². The summed E-state index contributed by atoms with van der Waals surface area (Å²) in [5, 5.41) is 7.47. The Bertz CT molecular complexity index is 1160. The molecule has 1 N–H and O–H groups in total. The van der Waals surface area contributed by atoms with Crippen LogP contribution in [0.25, 0.3) is 11.4 Å². The van der Waals surface area contributed by atoms with Crippen LogP contribution in [-0.2, 0) is 11.3 Å². The zero-order chi connectivity index (χ0) is 20.2. The standard InChI is InChI=1S/C21H19N5O2S/c1-28-18-11-9-17(10-12-18)22-19(27)15-25-21(29)26(24-13-5-6-14-24)20(23-25)16-7-3-2-4-8-16/h2-14H,15H2,1H3,(H,22,27). The minimum Gasteiger partial charge on any atom is -0.497 e. The van der Waals surface area contributed by atoms with Crippen LogP contribution < -0.4 is 10.1 Å². The van der Waals surface area contributed by atoms with Gasteiger partial charge in [-0.05, 0) is 48.6 Å². The average Bonchev–Trinajstić information content (AvgIpc) is 3.37. The number of anilines is 1. The number of carbonyl (C=O) groups is 1. The van der Waals surface area contributed by atoms with Crippen LogP contribution in [0.2, 0.25) is 0 Å². The molecular weight excluding hydrogens is 386 g/mol. The Morgan fingerprint density at radius 2 is 1.72 bits per heavy atom. The second-order valence-corrected chi connectivity index (χ2v) is 6.65. The lowest BCUT2D eigenvalue weighted by Crippen LogP contribution is -2.20. The fraction of sp³-hybridized carbons (Fsp3) is 0.0952. The molecule has 29 heavy (non-hydrogen) atoms. The number of methoxy groups -OCH3 is 1. The highest BCUT2D eigenvalue weighted by atomic mass is 32.1. The van der Waals surface area contributed by atoms with E-state index in [-0.39, 0.29) is 12.5 Å². The molecule has 4 aromatic rings. The van der Waals surface area contributed by atoms with E-state index in [1.165, 1.54) is 4.68 Å². The summed E-state index contributed by atoms with van der Waals surface area (Å²) < 4.78 is 10.7. The van der Waals surface area contributed by atoms with Crippen molar-refractivity contribution in [3.05, 3.63) is 83.9 Å². The summed E-state index contributed by atoms with van der Waals surface area (Å²) in [7, 11) is 1.60. The molecule has 0 aliphatic rings. The van der Waals surface area contributed by atoms with E-state index in [2.05, 4.69) is 10.4 Å².